The Morgan fingerprint density at radius 3 is 2.45 bits per heavy atom. The zero-order chi connectivity index (χ0) is 21.2. The largest absolute Gasteiger partial charge is 0.495 e. The third-order valence-corrected chi connectivity index (χ3v) is 6.40. The van der Waals surface area contributed by atoms with Crippen LogP contribution in [0, 0.1) is 10.1 Å². The van der Waals surface area contributed by atoms with Crippen molar-refractivity contribution in [2.45, 2.75) is 30.3 Å². The molecule has 154 valence electrons. The van der Waals surface area contributed by atoms with Crippen molar-refractivity contribution in [2.75, 3.05) is 14.2 Å². The molecule has 0 radical (unpaired) electrons. The van der Waals surface area contributed by atoms with Gasteiger partial charge in [-0.3, -0.25) is 14.9 Å². The number of methoxy groups -OCH3 is 1. The summed E-state index contributed by atoms with van der Waals surface area (Å²) >= 11 is 0. The lowest BCUT2D eigenvalue weighted by molar-refractivity contribution is -0.385. The van der Waals surface area contributed by atoms with E-state index in [1.54, 1.807) is 24.3 Å². The van der Waals surface area contributed by atoms with Crippen molar-refractivity contribution in [2.24, 2.45) is 0 Å². The molecule has 0 aliphatic heterocycles. The van der Waals surface area contributed by atoms with Gasteiger partial charge in [0.05, 0.1) is 12.0 Å². The SMILES string of the molecule is COc1ccc([N+](=O)[O-])cc1S(=O)(=O)N(C)Cc1ccc(C(=O)NC2CC2)cc1. The van der Waals surface area contributed by atoms with Gasteiger partial charge in [-0.2, -0.15) is 4.31 Å². The van der Waals surface area contributed by atoms with Gasteiger partial charge in [-0.25, -0.2) is 8.42 Å². The van der Waals surface area contributed by atoms with Crippen LogP contribution in [-0.4, -0.2) is 43.8 Å². The van der Waals surface area contributed by atoms with E-state index in [-0.39, 0.29) is 34.8 Å². The number of carbonyl (C=O) groups excluding carboxylic acids is 1. The molecule has 9 nitrogen and oxygen atoms in total. The number of benzene rings is 2. The van der Waals surface area contributed by atoms with Gasteiger partial charge < -0.3 is 10.1 Å². The van der Waals surface area contributed by atoms with E-state index < -0.39 is 14.9 Å². The summed E-state index contributed by atoms with van der Waals surface area (Å²) in [6.07, 6.45) is 1.99. The van der Waals surface area contributed by atoms with Gasteiger partial charge in [0.2, 0.25) is 10.0 Å². The molecule has 0 heterocycles. The third-order valence-electron chi connectivity index (χ3n) is 4.58. The number of hydrogen-bond donors (Lipinski definition) is 1. The van der Waals surface area contributed by atoms with E-state index in [1.807, 2.05) is 0 Å². The maximum Gasteiger partial charge on any atom is 0.271 e. The fourth-order valence-electron chi connectivity index (χ4n) is 2.75. The van der Waals surface area contributed by atoms with E-state index >= 15 is 0 Å². The highest BCUT2D eigenvalue weighted by Crippen LogP contribution is 2.30. The summed E-state index contributed by atoms with van der Waals surface area (Å²) in [5.74, 6) is -0.129. The number of rotatable bonds is 8. The first-order valence-corrected chi connectivity index (χ1v) is 10.3. The highest BCUT2D eigenvalue weighted by Gasteiger charge is 2.28. The Labute approximate surface area is 168 Å². The summed E-state index contributed by atoms with van der Waals surface area (Å²) in [5.41, 5.74) is 0.832. The highest BCUT2D eigenvalue weighted by atomic mass is 32.2. The molecule has 0 atom stereocenters. The number of nitro benzene ring substituents is 1. The van der Waals surface area contributed by atoms with Gasteiger partial charge in [-0.1, -0.05) is 12.1 Å². The molecule has 10 heteroatoms. The Kier molecular flexibility index (Phi) is 5.85. The van der Waals surface area contributed by atoms with Gasteiger partial charge in [0, 0.05) is 37.3 Å². The van der Waals surface area contributed by atoms with Crippen LogP contribution in [0.2, 0.25) is 0 Å². The summed E-state index contributed by atoms with van der Waals surface area (Å²) in [4.78, 5) is 22.1. The first kappa shape index (κ1) is 20.7. The van der Waals surface area contributed by atoms with E-state index in [1.165, 1.54) is 26.3 Å². The number of hydrogen-bond acceptors (Lipinski definition) is 6. The van der Waals surface area contributed by atoms with Crippen molar-refractivity contribution in [1.29, 1.82) is 0 Å². The van der Waals surface area contributed by atoms with Crippen LogP contribution in [0.15, 0.2) is 47.4 Å². The quantitative estimate of drug-likeness (QED) is 0.518. The summed E-state index contributed by atoms with van der Waals surface area (Å²) in [6, 6.07) is 10.3. The molecule has 2 aromatic carbocycles. The first-order valence-electron chi connectivity index (χ1n) is 8.91. The van der Waals surface area contributed by atoms with E-state index in [0.29, 0.717) is 11.1 Å². The molecular weight excluding hydrogens is 398 g/mol. The summed E-state index contributed by atoms with van der Waals surface area (Å²) < 4.78 is 32.1. The molecule has 1 fully saturated rings. The van der Waals surface area contributed by atoms with Crippen LogP contribution in [0.5, 0.6) is 5.75 Å². The van der Waals surface area contributed by atoms with Crippen LogP contribution < -0.4 is 10.1 Å². The van der Waals surface area contributed by atoms with Crippen LogP contribution in [0.25, 0.3) is 0 Å². The van der Waals surface area contributed by atoms with Crippen molar-refractivity contribution >= 4 is 21.6 Å². The first-order chi connectivity index (χ1) is 13.7. The minimum atomic E-state index is -4.05. The second kappa shape index (κ2) is 8.18. The predicted octanol–water partition coefficient (Wildman–Crippen LogP) is 2.32. The van der Waals surface area contributed by atoms with Gasteiger partial charge in [0.15, 0.2) is 0 Å². The Balaban J connectivity index is 1.78. The average Bonchev–Trinajstić information content (AvgIpc) is 3.51. The van der Waals surface area contributed by atoms with Crippen LogP contribution in [-0.2, 0) is 16.6 Å². The smallest absolute Gasteiger partial charge is 0.271 e. The van der Waals surface area contributed by atoms with Crippen molar-refractivity contribution < 1.29 is 22.9 Å². The fraction of sp³-hybridized carbons (Fsp3) is 0.316. The molecule has 1 saturated carbocycles. The molecule has 1 amide bonds. The molecule has 2 aromatic rings. The number of ether oxygens (including phenoxy) is 1. The Hall–Kier alpha value is -2.98. The summed E-state index contributed by atoms with van der Waals surface area (Å²) in [5, 5.41) is 13.9. The molecule has 3 rings (SSSR count). The monoisotopic (exact) mass is 419 g/mol. The van der Waals surface area contributed by atoms with E-state index in [9.17, 15) is 23.3 Å². The highest BCUT2D eigenvalue weighted by molar-refractivity contribution is 7.89. The maximum atomic E-state index is 13.0. The summed E-state index contributed by atoms with van der Waals surface area (Å²) in [7, 11) is -1.37. The zero-order valence-corrected chi connectivity index (χ0v) is 16.8. The van der Waals surface area contributed by atoms with Crippen LogP contribution in [0.1, 0.15) is 28.8 Å². The Morgan fingerprint density at radius 1 is 1.24 bits per heavy atom. The van der Waals surface area contributed by atoms with Gasteiger partial charge in [-0.05, 0) is 36.6 Å². The minimum Gasteiger partial charge on any atom is -0.495 e. The summed E-state index contributed by atoms with van der Waals surface area (Å²) in [6.45, 7) is 0.0265. The van der Waals surface area contributed by atoms with E-state index in [2.05, 4.69) is 5.32 Å². The van der Waals surface area contributed by atoms with Gasteiger partial charge in [-0.15, -0.1) is 0 Å². The van der Waals surface area contributed by atoms with Crippen LogP contribution in [0.3, 0.4) is 0 Å². The van der Waals surface area contributed by atoms with Crippen LogP contribution in [0.4, 0.5) is 5.69 Å². The molecule has 0 spiro atoms. The number of nitrogens with one attached hydrogen (secondary N) is 1. The van der Waals surface area contributed by atoms with Crippen LogP contribution >= 0.6 is 0 Å². The normalized spacial score (nSPS) is 13.9. The maximum absolute atomic E-state index is 13.0. The number of non-ortho nitro benzene ring substituents is 1. The molecule has 0 unspecified atom stereocenters. The third kappa shape index (κ3) is 4.72. The van der Waals surface area contributed by atoms with Crippen molar-refractivity contribution in [3.8, 4) is 5.75 Å². The molecule has 29 heavy (non-hydrogen) atoms. The number of carbonyl (C=O) groups is 1. The molecular formula is C19H21N3O6S. The van der Waals surface area contributed by atoms with Gasteiger partial charge in [0.25, 0.3) is 11.6 Å². The second-order valence-electron chi connectivity index (χ2n) is 6.80. The average molecular weight is 419 g/mol. The number of sulfonamides is 1. The Bertz CT molecular complexity index is 1030. The Morgan fingerprint density at radius 2 is 1.90 bits per heavy atom. The molecule has 0 saturated heterocycles. The lowest BCUT2D eigenvalue weighted by Crippen LogP contribution is -2.27. The molecule has 0 bridgehead atoms. The zero-order valence-electron chi connectivity index (χ0n) is 16.0. The van der Waals surface area contributed by atoms with Crippen molar-refractivity contribution in [1.82, 2.24) is 9.62 Å². The topological polar surface area (TPSA) is 119 Å². The lowest BCUT2D eigenvalue weighted by Gasteiger charge is -2.19. The number of nitrogens with zero attached hydrogens (tertiary/aromatic N) is 2. The standard InChI is InChI=1S/C19H21N3O6S/c1-21(12-13-3-5-14(6-4-13)19(23)20-15-7-8-15)29(26,27)18-11-16(22(24)25)9-10-17(18)28-2/h3-6,9-11,15H,7-8,12H2,1-2H3,(H,20,23). The van der Waals surface area contributed by atoms with E-state index in [4.69, 9.17) is 4.74 Å². The fourth-order valence-corrected chi connectivity index (χ4v) is 4.08. The van der Waals surface area contributed by atoms with E-state index in [0.717, 1.165) is 23.2 Å². The second-order valence-corrected chi connectivity index (χ2v) is 8.81. The number of nitro groups is 1. The van der Waals surface area contributed by atoms with Gasteiger partial charge in [0.1, 0.15) is 10.6 Å². The molecule has 1 N–H and O–H groups in total. The lowest BCUT2D eigenvalue weighted by atomic mass is 10.1. The molecule has 1 aliphatic rings. The molecule has 0 aromatic heterocycles. The predicted molar refractivity (Wildman–Crippen MR) is 105 cm³/mol. The number of amides is 1. The van der Waals surface area contributed by atoms with Crippen molar-refractivity contribution in [3.63, 3.8) is 0 Å². The minimum absolute atomic E-state index is 0.0227. The van der Waals surface area contributed by atoms with Crippen molar-refractivity contribution in [3.05, 3.63) is 63.7 Å². The molecule has 1 aliphatic carbocycles. The van der Waals surface area contributed by atoms with Gasteiger partial charge >= 0.3 is 0 Å².